The Morgan fingerprint density at radius 2 is 1.88 bits per heavy atom. The highest BCUT2D eigenvalue weighted by Crippen LogP contribution is 2.34. The second kappa shape index (κ2) is 7.26. The van der Waals surface area contributed by atoms with E-state index in [9.17, 15) is 4.79 Å². The van der Waals surface area contributed by atoms with E-state index < -0.39 is 0 Å². The second-order valence-electron chi connectivity index (χ2n) is 6.16. The number of ether oxygens (including phenoxy) is 1. The highest BCUT2D eigenvalue weighted by atomic mass is 35.5. The van der Waals surface area contributed by atoms with Crippen LogP contribution in [0.1, 0.15) is 23.8 Å². The van der Waals surface area contributed by atoms with Gasteiger partial charge < -0.3 is 14.5 Å². The average Bonchev–Trinajstić information content (AvgIpc) is 2.89. The van der Waals surface area contributed by atoms with Gasteiger partial charge in [-0.1, -0.05) is 11.6 Å². The van der Waals surface area contributed by atoms with Crippen LogP contribution in [-0.2, 0) is 4.79 Å². The molecule has 3 rings (SSSR count). The zero-order valence-electron chi connectivity index (χ0n) is 15.1. The van der Waals surface area contributed by atoms with Gasteiger partial charge in [-0.25, -0.2) is 0 Å². The summed E-state index contributed by atoms with van der Waals surface area (Å²) in [6.07, 6.45) is 1.56. The molecule has 1 amide bonds. The van der Waals surface area contributed by atoms with Gasteiger partial charge in [-0.05, 0) is 62.2 Å². The Morgan fingerprint density at radius 3 is 2.54 bits per heavy atom. The number of fused-ring (bicyclic) bond motifs is 1. The van der Waals surface area contributed by atoms with E-state index in [-0.39, 0.29) is 5.91 Å². The number of hydrogen-bond donors (Lipinski definition) is 1. The first-order valence-corrected chi connectivity index (χ1v) is 8.60. The SMILES string of the molecule is COc1cc2oc(C)c(C)c2cc1/C(C)=C/C(=O)Nc1ccc(Cl)cc1. The van der Waals surface area contributed by atoms with Crippen molar-refractivity contribution in [2.75, 3.05) is 12.4 Å². The molecule has 0 unspecified atom stereocenters. The largest absolute Gasteiger partial charge is 0.496 e. The number of aryl methyl sites for hydroxylation is 2. The number of anilines is 1. The molecule has 2 aromatic carbocycles. The topological polar surface area (TPSA) is 51.5 Å². The Balaban J connectivity index is 1.93. The van der Waals surface area contributed by atoms with Crippen molar-refractivity contribution in [3.8, 4) is 5.75 Å². The molecule has 0 aliphatic carbocycles. The lowest BCUT2D eigenvalue weighted by molar-refractivity contribution is -0.111. The van der Waals surface area contributed by atoms with Crippen LogP contribution in [0.5, 0.6) is 5.75 Å². The molecule has 0 fully saturated rings. The summed E-state index contributed by atoms with van der Waals surface area (Å²) in [7, 11) is 1.61. The Hall–Kier alpha value is -2.72. The van der Waals surface area contributed by atoms with Crippen LogP contribution >= 0.6 is 11.6 Å². The standard InChI is InChI=1S/C21H20ClNO3/c1-12(9-21(24)23-16-7-5-15(22)6-8-16)17-10-18-13(2)14(3)26-20(18)11-19(17)25-4/h5-11H,1-4H3,(H,23,24)/b12-9+. The number of rotatable bonds is 4. The molecule has 0 radical (unpaired) electrons. The Bertz CT molecular complexity index is 1000. The monoisotopic (exact) mass is 369 g/mol. The van der Waals surface area contributed by atoms with Crippen LogP contribution in [0, 0.1) is 13.8 Å². The van der Waals surface area contributed by atoms with E-state index in [1.54, 1.807) is 37.5 Å². The number of nitrogens with one attached hydrogen (secondary N) is 1. The van der Waals surface area contributed by atoms with Gasteiger partial charge in [0.2, 0.25) is 5.91 Å². The third-order valence-corrected chi connectivity index (χ3v) is 4.63. The molecule has 0 aliphatic heterocycles. The van der Waals surface area contributed by atoms with Crippen molar-refractivity contribution >= 4 is 39.7 Å². The van der Waals surface area contributed by atoms with Crippen molar-refractivity contribution in [3.05, 3.63) is 64.4 Å². The van der Waals surface area contributed by atoms with Gasteiger partial charge in [0.15, 0.2) is 0 Å². The molecule has 0 bridgehead atoms. The van der Waals surface area contributed by atoms with Crippen LogP contribution in [-0.4, -0.2) is 13.0 Å². The van der Waals surface area contributed by atoms with E-state index in [1.807, 2.05) is 32.9 Å². The number of allylic oxidation sites excluding steroid dienone is 1. The third kappa shape index (κ3) is 3.60. The van der Waals surface area contributed by atoms with Gasteiger partial charge in [-0.2, -0.15) is 0 Å². The molecule has 0 spiro atoms. The fraction of sp³-hybridized carbons (Fsp3) is 0.190. The number of amides is 1. The maximum absolute atomic E-state index is 12.3. The van der Waals surface area contributed by atoms with Gasteiger partial charge in [-0.15, -0.1) is 0 Å². The minimum Gasteiger partial charge on any atom is -0.496 e. The van der Waals surface area contributed by atoms with Crippen LogP contribution in [0.4, 0.5) is 5.69 Å². The molecule has 1 N–H and O–H groups in total. The van der Waals surface area contributed by atoms with Crippen molar-refractivity contribution in [2.45, 2.75) is 20.8 Å². The lowest BCUT2D eigenvalue weighted by atomic mass is 10.0. The molecule has 1 heterocycles. The van der Waals surface area contributed by atoms with Gasteiger partial charge in [0.25, 0.3) is 0 Å². The highest BCUT2D eigenvalue weighted by Gasteiger charge is 2.14. The quantitative estimate of drug-likeness (QED) is 0.595. The molecule has 0 saturated carbocycles. The minimum absolute atomic E-state index is 0.216. The van der Waals surface area contributed by atoms with Crippen LogP contribution < -0.4 is 10.1 Å². The third-order valence-electron chi connectivity index (χ3n) is 4.38. The molecule has 0 atom stereocenters. The smallest absolute Gasteiger partial charge is 0.248 e. The first-order valence-electron chi connectivity index (χ1n) is 8.22. The molecule has 3 aromatic rings. The van der Waals surface area contributed by atoms with E-state index in [2.05, 4.69) is 5.32 Å². The number of carbonyl (C=O) groups is 1. The number of benzene rings is 2. The highest BCUT2D eigenvalue weighted by molar-refractivity contribution is 6.30. The predicted molar refractivity (Wildman–Crippen MR) is 106 cm³/mol. The van der Waals surface area contributed by atoms with Crippen LogP contribution in [0.3, 0.4) is 0 Å². The van der Waals surface area contributed by atoms with Crippen LogP contribution in [0.15, 0.2) is 46.9 Å². The summed E-state index contributed by atoms with van der Waals surface area (Å²) in [5, 5.41) is 4.47. The molecule has 26 heavy (non-hydrogen) atoms. The normalized spacial score (nSPS) is 11.7. The molecule has 0 saturated heterocycles. The van der Waals surface area contributed by atoms with Crippen LogP contribution in [0.25, 0.3) is 16.5 Å². The maximum atomic E-state index is 12.3. The van der Waals surface area contributed by atoms with Gasteiger partial charge in [0.05, 0.1) is 7.11 Å². The first kappa shape index (κ1) is 18.1. The number of hydrogen-bond acceptors (Lipinski definition) is 3. The van der Waals surface area contributed by atoms with Crippen LogP contribution in [0.2, 0.25) is 5.02 Å². The van der Waals surface area contributed by atoms with Crippen molar-refractivity contribution in [3.63, 3.8) is 0 Å². The summed E-state index contributed by atoms with van der Waals surface area (Å²) < 4.78 is 11.2. The zero-order valence-corrected chi connectivity index (χ0v) is 15.9. The summed E-state index contributed by atoms with van der Waals surface area (Å²) in [5.74, 6) is 1.33. The van der Waals surface area contributed by atoms with Gasteiger partial charge >= 0.3 is 0 Å². The van der Waals surface area contributed by atoms with E-state index in [4.69, 9.17) is 20.8 Å². The van der Waals surface area contributed by atoms with Crippen molar-refractivity contribution in [1.29, 1.82) is 0 Å². The van der Waals surface area contributed by atoms with E-state index >= 15 is 0 Å². The minimum atomic E-state index is -0.216. The van der Waals surface area contributed by atoms with E-state index in [1.165, 1.54) is 0 Å². The number of methoxy groups -OCH3 is 1. The molecule has 5 heteroatoms. The van der Waals surface area contributed by atoms with Gasteiger partial charge in [0, 0.05) is 33.8 Å². The average molecular weight is 370 g/mol. The fourth-order valence-electron chi connectivity index (χ4n) is 2.83. The number of furan rings is 1. The Kier molecular flexibility index (Phi) is 5.05. The molecular weight excluding hydrogens is 350 g/mol. The maximum Gasteiger partial charge on any atom is 0.248 e. The Labute approximate surface area is 157 Å². The molecule has 1 aromatic heterocycles. The van der Waals surface area contributed by atoms with Gasteiger partial charge in [0.1, 0.15) is 17.1 Å². The van der Waals surface area contributed by atoms with Crippen molar-refractivity contribution < 1.29 is 13.9 Å². The van der Waals surface area contributed by atoms with Gasteiger partial charge in [-0.3, -0.25) is 4.79 Å². The zero-order chi connectivity index (χ0) is 18.8. The molecule has 134 valence electrons. The van der Waals surface area contributed by atoms with Crippen molar-refractivity contribution in [1.82, 2.24) is 0 Å². The Morgan fingerprint density at radius 1 is 1.19 bits per heavy atom. The lowest BCUT2D eigenvalue weighted by Crippen LogP contribution is -2.08. The van der Waals surface area contributed by atoms with E-state index in [0.29, 0.717) is 16.5 Å². The molecular formula is C21H20ClNO3. The van der Waals surface area contributed by atoms with Crippen molar-refractivity contribution in [2.24, 2.45) is 0 Å². The summed E-state index contributed by atoms with van der Waals surface area (Å²) in [5.41, 5.74) is 4.21. The fourth-order valence-corrected chi connectivity index (χ4v) is 2.96. The summed E-state index contributed by atoms with van der Waals surface area (Å²) in [4.78, 5) is 12.3. The number of carbonyl (C=O) groups excluding carboxylic acids is 1. The number of halogens is 1. The molecule has 0 aliphatic rings. The summed E-state index contributed by atoms with van der Waals surface area (Å²) in [6.45, 7) is 5.83. The summed E-state index contributed by atoms with van der Waals surface area (Å²) >= 11 is 5.86. The lowest BCUT2D eigenvalue weighted by Gasteiger charge is -2.10. The second-order valence-corrected chi connectivity index (χ2v) is 6.59. The summed E-state index contributed by atoms with van der Waals surface area (Å²) in [6, 6.07) is 10.8. The first-order chi connectivity index (χ1) is 12.4. The van der Waals surface area contributed by atoms with E-state index in [0.717, 1.165) is 33.4 Å². The molecule has 4 nitrogen and oxygen atoms in total. The predicted octanol–water partition coefficient (Wildman–Crippen LogP) is 5.75.